The summed E-state index contributed by atoms with van der Waals surface area (Å²) in [5, 5.41) is 10.8. The van der Waals surface area contributed by atoms with E-state index in [1.54, 1.807) is 6.20 Å². The molecule has 10 nitrogen and oxygen atoms in total. The van der Waals surface area contributed by atoms with E-state index in [9.17, 15) is 9.59 Å². The highest BCUT2D eigenvalue weighted by Gasteiger charge is 2.29. The number of aryl methyl sites for hydroxylation is 1. The Labute approximate surface area is 211 Å². The van der Waals surface area contributed by atoms with Crippen molar-refractivity contribution in [3.8, 4) is 0 Å². The number of hydrogen-bond acceptors (Lipinski definition) is 6. The molecule has 1 aliphatic heterocycles. The van der Waals surface area contributed by atoms with Crippen molar-refractivity contribution in [3.05, 3.63) is 65.8 Å². The first-order chi connectivity index (χ1) is 17.4. The molecule has 1 aliphatic rings. The van der Waals surface area contributed by atoms with Crippen LogP contribution in [0.15, 0.2) is 42.7 Å². The third-order valence-electron chi connectivity index (χ3n) is 6.42. The van der Waals surface area contributed by atoms with Crippen LogP contribution in [0.25, 0.3) is 0 Å². The Balaban J connectivity index is 1.62. The number of H-pyrrole nitrogens is 1. The minimum Gasteiger partial charge on any atom is -0.348 e. The number of rotatable bonds is 5. The molecule has 0 fully saturated rings. The van der Waals surface area contributed by atoms with Gasteiger partial charge in [0, 0.05) is 31.8 Å². The SMILES string of the molecule is Cc1nc2n(n1)CCN(Cc1ncc[nH]1)CCCC(=O)N[C@@H](Cc1ccccc1)C(=O)N[C@@H]2C(C)C. The first-order valence-electron chi connectivity index (χ1n) is 12.6. The molecule has 3 N–H and O–H groups in total. The highest BCUT2D eigenvalue weighted by Crippen LogP contribution is 2.21. The maximum Gasteiger partial charge on any atom is 0.243 e. The minimum absolute atomic E-state index is 0.0801. The maximum absolute atomic E-state index is 13.5. The number of imidazole rings is 1. The van der Waals surface area contributed by atoms with Gasteiger partial charge in [0.1, 0.15) is 23.5 Å². The number of nitrogens with one attached hydrogen (secondary N) is 3. The lowest BCUT2D eigenvalue weighted by Gasteiger charge is -2.27. The number of aromatic nitrogens is 5. The number of fused-ring (bicyclic) bond motifs is 1. The zero-order chi connectivity index (χ0) is 25.5. The van der Waals surface area contributed by atoms with Crippen LogP contribution in [-0.4, -0.2) is 60.6 Å². The molecule has 0 bridgehead atoms. The van der Waals surface area contributed by atoms with Crippen molar-refractivity contribution < 1.29 is 9.59 Å². The molecular formula is C26H36N8O2. The van der Waals surface area contributed by atoms with Gasteiger partial charge in [-0.15, -0.1) is 0 Å². The largest absolute Gasteiger partial charge is 0.348 e. The average molecular weight is 493 g/mol. The molecular weight excluding hydrogens is 456 g/mol. The highest BCUT2D eigenvalue weighted by atomic mass is 16.2. The van der Waals surface area contributed by atoms with Gasteiger partial charge < -0.3 is 15.6 Å². The van der Waals surface area contributed by atoms with Crippen molar-refractivity contribution in [1.82, 2.24) is 40.3 Å². The van der Waals surface area contributed by atoms with Gasteiger partial charge in [0.2, 0.25) is 11.8 Å². The molecule has 2 aromatic heterocycles. The lowest BCUT2D eigenvalue weighted by Crippen LogP contribution is -2.50. The summed E-state index contributed by atoms with van der Waals surface area (Å²) < 4.78 is 1.91. The number of carbonyl (C=O) groups is 2. The van der Waals surface area contributed by atoms with E-state index in [-0.39, 0.29) is 23.8 Å². The summed E-state index contributed by atoms with van der Waals surface area (Å²) in [6, 6.07) is 8.74. The average Bonchev–Trinajstić information content (AvgIpc) is 3.49. The Bertz CT molecular complexity index is 1130. The van der Waals surface area contributed by atoms with Crippen LogP contribution in [-0.2, 0) is 29.1 Å². The minimum atomic E-state index is -0.680. The van der Waals surface area contributed by atoms with Crippen molar-refractivity contribution in [2.75, 3.05) is 13.1 Å². The molecule has 0 spiro atoms. The fraction of sp³-hybridized carbons (Fsp3) is 0.500. The number of aromatic amines is 1. The van der Waals surface area contributed by atoms with Gasteiger partial charge >= 0.3 is 0 Å². The van der Waals surface area contributed by atoms with E-state index in [1.165, 1.54) is 0 Å². The third-order valence-corrected chi connectivity index (χ3v) is 6.42. The molecule has 3 heterocycles. The van der Waals surface area contributed by atoms with Crippen LogP contribution < -0.4 is 10.6 Å². The van der Waals surface area contributed by atoms with E-state index in [2.05, 4.69) is 44.4 Å². The number of nitrogens with zero attached hydrogens (tertiary/aromatic N) is 5. The van der Waals surface area contributed by atoms with Crippen LogP contribution >= 0.6 is 0 Å². The van der Waals surface area contributed by atoms with Gasteiger partial charge in [-0.1, -0.05) is 44.2 Å². The van der Waals surface area contributed by atoms with Gasteiger partial charge in [-0.25, -0.2) is 14.6 Å². The summed E-state index contributed by atoms with van der Waals surface area (Å²) in [5.74, 6) is 2.02. The topological polar surface area (TPSA) is 121 Å². The molecule has 4 rings (SSSR count). The second-order valence-electron chi connectivity index (χ2n) is 9.70. The molecule has 1 aromatic carbocycles. The van der Waals surface area contributed by atoms with Gasteiger partial charge in [-0.3, -0.25) is 14.5 Å². The summed E-state index contributed by atoms with van der Waals surface area (Å²) in [6.07, 6.45) is 4.99. The molecule has 0 saturated heterocycles. The van der Waals surface area contributed by atoms with E-state index in [4.69, 9.17) is 4.98 Å². The van der Waals surface area contributed by atoms with E-state index >= 15 is 0 Å². The van der Waals surface area contributed by atoms with Crippen LogP contribution in [0.4, 0.5) is 0 Å². The van der Waals surface area contributed by atoms with Gasteiger partial charge in [0.25, 0.3) is 0 Å². The first-order valence-corrected chi connectivity index (χ1v) is 12.6. The second-order valence-corrected chi connectivity index (χ2v) is 9.70. The number of carbonyl (C=O) groups excluding carboxylic acids is 2. The smallest absolute Gasteiger partial charge is 0.243 e. The van der Waals surface area contributed by atoms with Crippen molar-refractivity contribution in [2.45, 2.75) is 65.2 Å². The lowest BCUT2D eigenvalue weighted by atomic mass is 10.0. The van der Waals surface area contributed by atoms with Crippen molar-refractivity contribution in [3.63, 3.8) is 0 Å². The van der Waals surface area contributed by atoms with Crippen molar-refractivity contribution in [1.29, 1.82) is 0 Å². The Morgan fingerprint density at radius 1 is 1.08 bits per heavy atom. The van der Waals surface area contributed by atoms with Gasteiger partial charge in [0.15, 0.2) is 0 Å². The molecule has 36 heavy (non-hydrogen) atoms. The monoisotopic (exact) mass is 492 g/mol. The van der Waals surface area contributed by atoms with Gasteiger partial charge in [0.05, 0.1) is 19.1 Å². The van der Waals surface area contributed by atoms with Crippen LogP contribution in [0.5, 0.6) is 0 Å². The van der Waals surface area contributed by atoms with E-state index < -0.39 is 6.04 Å². The van der Waals surface area contributed by atoms with E-state index in [1.807, 2.05) is 48.1 Å². The lowest BCUT2D eigenvalue weighted by molar-refractivity contribution is -0.129. The van der Waals surface area contributed by atoms with E-state index in [0.29, 0.717) is 44.7 Å². The van der Waals surface area contributed by atoms with E-state index in [0.717, 1.165) is 23.8 Å². The fourth-order valence-corrected chi connectivity index (χ4v) is 4.54. The highest BCUT2D eigenvalue weighted by molar-refractivity contribution is 5.88. The molecule has 10 heteroatoms. The van der Waals surface area contributed by atoms with Crippen LogP contribution in [0.3, 0.4) is 0 Å². The third kappa shape index (κ3) is 6.78. The molecule has 0 saturated carbocycles. The molecule has 3 aromatic rings. The molecule has 2 amide bonds. The summed E-state index contributed by atoms with van der Waals surface area (Å²) in [4.78, 5) is 40.9. The summed E-state index contributed by atoms with van der Waals surface area (Å²) >= 11 is 0. The molecule has 0 aliphatic carbocycles. The summed E-state index contributed by atoms with van der Waals surface area (Å²) in [6.45, 7) is 8.68. The fourth-order valence-electron chi connectivity index (χ4n) is 4.54. The zero-order valence-corrected chi connectivity index (χ0v) is 21.3. The Hall–Kier alpha value is -3.53. The normalized spacial score (nSPS) is 20.4. The molecule has 0 radical (unpaired) electrons. The Morgan fingerprint density at radius 3 is 2.61 bits per heavy atom. The predicted molar refractivity (Wildman–Crippen MR) is 136 cm³/mol. The molecule has 0 unspecified atom stereocenters. The molecule has 2 atom stereocenters. The standard InChI is InChI=1S/C26H36N8O2/c1-18(2)24-25-29-19(3)32-34(25)15-14-33(17-22-27-11-12-28-22)13-7-10-23(35)30-21(26(36)31-24)16-20-8-5-4-6-9-20/h4-6,8-9,11-12,18,21,24H,7,10,13-17H2,1-3H3,(H,27,28)(H,30,35)(H,31,36)/t21-,24+/m0/s1. The van der Waals surface area contributed by atoms with Crippen LogP contribution in [0.1, 0.15) is 55.8 Å². The number of benzene rings is 1. The maximum atomic E-state index is 13.5. The van der Waals surface area contributed by atoms with Crippen molar-refractivity contribution in [2.24, 2.45) is 5.92 Å². The predicted octanol–water partition coefficient (Wildman–Crippen LogP) is 2.15. The summed E-state index contributed by atoms with van der Waals surface area (Å²) in [5.41, 5.74) is 0.990. The van der Waals surface area contributed by atoms with Crippen LogP contribution in [0, 0.1) is 12.8 Å². The zero-order valence-electron chi connectivity index (χ0n) is 21.3. The Kier molecular flexibility index (Phi) is 8.48. The number of amides is 2. The van der Waals surface area contributed by atoms with Gasteiger partial charge in [-0.05, 0) is 31.4 Å². The first kappa shape index (κ1) is 25.6. The number of hydrogen-bond donors (Lipinski definition) is 3. The van der Waals surface area contributed by atoms with Gasteiger partial charge in [-0.2, -0.15) is 5.10 Å². The molecule has 192 valence electrons. The van der Waals surface area contributed by atoms with Crippen LogP contribution in [0.2, 0.25) is 0 Å². The summed E-state index contributed by atoms with van der Waals surface area (Å²) in [7, 11) is 0. The van der Waals surface area contributed by atoms with Crippen molar-refractivity contribution >= 4 is 11.8 Å². The Morgan fingerprint density at radius 2 is 1.89 bits per heavy atom. The quantitative estimate of drug-likeness (QED) is 0.502. The second kappa shape index (κ2) is 11.9.